The number of carbonyl (C=O) groups is 2. The van der Waals surface area contributed by atoms with E-state index in [0.29, 0.717) is 13.2 Å². The number of hydrogen-bond acceptors (Lipinski definition) is 7. The molecule has 0 aromatic carbocycles. The molecule has 0 aromatic rings. The van der Waals surface area contributed by atoms with Gasteiger partial charge in [-0.15, -0.1) is 0 Å². The monoisotopic (exact) mass is 436 g/mol. The standard InChI is InChI=1S/C19H34N2O7S.H2/c1-18(2,3)27-16(22)8-7-15(20-17(23)28-19(4,5)6)9-14-29(24,25)21-10-12-26-13-11-21;/h9,14-15H,7-8,10-13H2,1-6H3,(H,20,23);1H/b14-9+;/t15-;/m0./s1. The van der Waals surface area contributed by atoms with Crippen LogP contribution >= 0.6 is 0 Å². The highest BCUT2D eigenvalue weighted by Gasteiger charge is 2.24. The number of nitrogens with one attached hydrogen (secondary N) is 1. The van der Waals surface area contributed by atoms with Gasteiger partial charge in [-0.05, 0) is 54.0 Å². The molecule has 1 aliphatic heterocycles. The predicted molar refractivity (Wildman–Crippen MR) is 111 cm³/mol. The lowest BCUT2D eigenvalue weighted by atomic mass is 10.1. The van der Waals surface area contributed by atoms with Crippen LogP contribution in [0.5, 0.6) is 0 Å². The molecule has 0 bridgehead atoms. The maximum Gasteiger partial charge on any atom is 0.408 e. The normalized spacial score (nSPS) is 17.7. The molecule has 0 saturated carbocycles. The molecule has 1 aliphatic rings. The van der Waals surface area contributed by atoms with Crippen LogP contribution in [0.3, 0.4) is 0 Å². The first-order valence-electron chi connectivity index (χ1n) is 9.65. The van der Waals surface area contributed by atoms with Crippen molar-refractivity contribution in [3.63, 3.8) is 0 Å². The van der Waals surface area contributed by atoms with E-state index in [0.717, 1.165) is 5.41 Å². The van der Waals surface area contributed by atoms with Crippen molar-refractivity contribution in [2.75, 3.05) is 26.3 Å². The molecule has 1 saturated heterocycles. The molecule has 0 radical (unpaired) electrons. The topological polar surface area (TPSA) is 111 Å². The fourth-order valence-electron chi connectivity index (χ4n) is 2.42. The third-order valence-corrected chi connectivity index (χ3v) is 5.18. The average Bonchev–Trinajstić information content (AvgIpc) is 2.55. The summed E-state index contributed by atoms with van der Waals surface area (Å²) < 4.78 is 41.9. The van der Waals surface area contributed by atoms with Crippen molar-refractivity contribution < 1.29 is 33.6 Å². The largest absolute Gasteiger partial charge is 0.460 e. The minimum Gasteiger partial charge on any atom is -0.460 e. The van der Waals surface area contributed by atoms with Gasteiger partial charge >= 0.3 is 12.1 Å². The SMILES string of the molecule is CC(C)(C)OC(=O)CC[C@@H](/C=C/S(=O)(=O)N1CCOCC1)NC(=O)OC(C)(C)C.[HH]. The van der Waals surface area contributed by atoms with Crippen LogP contribution in [0.15, 0.2) is 11.5 Å². The minimum absolute atomic E-state index is 0. The Bertz CT molecular complexity index is 691. The smallest absolute Gasteiger partial charge is 0.408 e. The maximum absolute atomic E-state index is 12.5. The number of amides is 1. The Morgan fingerprint density at radius 3 is 2.17 bits per heavy atom. The van der Waals surface area contributed by atoms with Crippen LogP contribution in [-0.4, -0.2) is 68.3 Å². The number of esters is 1. The van der Waals surface area contributed by atoms with E-state index in [1.54, 1.807) is 41.5 Å². The molecule has 170 valence electrons. The third-order valence-electron chi connectivity index (χ3n) is 3.59. The van der Waals surface area contributed by atoms with E-state index in [9.17, 15) is 18.0 Å². The number of hydrogen-bond donors (Lipinski definition) is 1. The Balaban J connectivity index is 0.00000841. The van der Waals surface area contributed by atoms with Crippen molar-refractivity contribution in [2.45, 2.75) is 71.6 Å². The molecule has 29 heavy (non-hydrogen) atoms. The number of sulfonamides is 1. The van der Waals surface area contributed by atoms with Gasteiger partial charge in [0.1, 0.15) is 11.2 Å². The van der Waals surface area contributed by atoms with E-state index in [1.165, 1.54) is 10.4 Å². The van der Waals surface area contributed by atoms with Crippen LogP contribution in [0.25, 0.3) is 0 Å². The maximum atomic E-state index is 12.5. The van der Waals surface area contributed by atoms with Gasteiger partial charge < -0.3 is 19.5 Å². The third kappa shape index (κ3) is 11.2. The molecule has 0 unspecified atom stereocenters. The number of carbonyl (C=O) groups excluding carboxylic acids is 2. The van der Waals surface area contributed by atoms with Crippen LogP contribution in [-0.2, 0) is 29.0 Å². The summed E-state index contributed by atoms with van der Waals surface area (Å²) in [6.07, 6.45) is 0.849. The van der Waals surface area contributed by atoms with Gasteiger partial charge in [-0.25, -0.2) is 13.2 Å². The molecule has 1 heterocycles. The van der Waals surface area contributed by atoms with Crippen molar-refractivity contribution in [3.05, 3.63) is 11.5 Å². The Morgan fingerprint density at radius 2 is 1.66 bits per heavy atom. The van der Waals surface area contributed by atoms with Crippen LogP contribution in [0.2, 0.25) is 0 Å². The summed E-state index contributed by atoms with van der Waals surface area (Å²) in [4.78, 5) is 24.1. The van der Waals surface area contributed by atoms with Crippen LogP contribution in [0.4, 0.5) is 4.79 Å². The number of alkyl carbamates (subject to hydrolysis) is 1. The van der Waals surface area contributed by atoms with Gasteiger partial charge in [-0.3, -0.25) is 4.79 Å². The summed E-state index contributed by atoms with van der Waals surface area (Å²) in [5.74, 6) is -0.432. The molecule has 0 spiro atoms. The molecule has 10 heteroatoms. The van der Waals surface area contributed by atoms with Gasteiger partial charge in [0.25, 0.3) is 0 Å². The second-order valence-electron chi connectivity index (χ2n) is 8.76. The van der Waals surface area contributed by atoms with Crippen molar-refractivity contribution in [1.29, 1.82) is 0 Å². The van der Waals surface area contributed by atoms with Crippen LogP contribution in [0.1, 0.15) is 55.8 Å². The van der Waals surface area contributed by atoms with Gasteiger partial charge in [0.15, 0.2) is 0 Å². The molecule has 1 fully saturated rings. The molecular formula is C19H36N2O7S. The number of rotatable bonds is 7. The Kier molecular flexibility index (Phi) is 9.10. The van der Waals surface area contributed by atoms with E-state index >= 15 is 0 Å². The molecule has 0 aliphatic carbocycles. The van der Waals surface area contributed by atoms with Crippen molar-refractivity contribution in [3.8, 4) is 0 Å². The predicted octanol–water partition coefficient (Wildman–Crippen LogP) is 2.42. The molecule has 1 atom stereocenters. The van der Waals surface area contributed by atoms with E-state index in [1.807, 2.05) is 0 Å². The van der Waals surface area contributed by atoms with Crippen molar-refractivity contribution in [2.24, 2.45) is 0 Å². The highest BCUT2D eigenvalue weighted by Crippen LogP contribution is 2.13. The first kappa shape index (κ1) is 25.4. The molecule has 1 amide bonds. The van der Waals surface area contributed by atoms with Gasteiger partial charge in [0.2, 0.25) is 10.0 Å². The zero-order valence-electron chi connectivity index (χ0n) is 18.2. The summed E-state index contributed by atoms with van der Waals surface area (Å²) in [6, 6.07) is -0.715. The van der Waals surface area contributed by atoms with E-state index in [4.69, 9.17) is 14.2 Å². The van der Waals surface area contributed by atoms with Crippen molar-refractivity contribution in [1.82, 2.24) is 9.62 Å². The molecule has 1 N–H and O–H groups in total. The summed E-state index contributed by atoms with van der Waals surface area (Å²) in [5, 5.41) is 3.65. The van der Waals surface area contributed by atoms with E-state index in [2.05, 4.69) is 5.32 Å². The van der Waals surface area contributed by atoms with Gasteiger partial charge in [0, 0.05) is 26.3 Å². The summed E-state index contributed by atoms with van der Waals surface area (Å²) in [5.41, 5.74) is -1.33. The lowest BCUT2D eigenvalue weighted by molar-refractivity contribution is -0.155. The molecular weight excluding hydrogens is 400 g/mol. The lowest BCUT2D eigenvalue weighted by Gasteiger charge is -2.25. The van der Waals surface area contributed by atoms with Gasteiger partial charge in [0.05, 0.1) is 19.3 Å². The molecule has 1 rings (SSSR count). The first-order valence-corrected chi connectivity index (χ1v) is 11.2. The fourth-order valence-corrected chi connectivity index (χ4v) is 3.64. The zero-order valence-corrected chi connectivity index (χ0v) is 19.0. The Morgan fingerprint density at radius 1 is 1.10 bits per heavy atom. The summed E-state index contributed by atoms with van der Waals surface area (Å²) in [6.45, 7) is 11.7. The van der Waals surface area contributed by atoms with E-state index in [-0.39, 0.29) is 27.4 Å². The Labute approximate surface area is 175 Å². The Hall–Kier alpha value is -1.65. The van der Waals surface area contributed by atoms with Crippen LogP contribution in [0, 0.1) is 0 Å². The zero-order chi connectivity index (χ0) is 22.3. The number of ether oxygens (including phenoxy) is 3. The second kappa shape index (κ2) is 10.4. The first-order chi connectivity index (χ1) is 13.2. The number of nitrogens with zero attached hydrogens (tertiary/aromatic N) is 1. The summed E-state index contributed by atoms with van der Waals surface area (Å²) >= 11 is 0. The highest BCUT2D eigenvalue weighted by atomic mass is 32.2. The minimum atomic E-state index is -3.65. The lowest BCUT2D eigenvalue weighted by Crippen LogP contribution is -2.40. The van der Waals surface area contributed by atoms with Gasteiger partial charge in [-0.2, -0.15) is 4.31 Å². The van der Waals surface area contributed by atoms with Gasteiger partial charge in [-0.1, -0.05) is 0 Å². The second-order valence-corrected chi connectivity index (χ2v) is 10.6. The average molecular weight is 437 g/mol. The number of morpholine rings is 1. The van der Waals surface area contributed by atoms with E-state index < -0.39 is 39.3 Å². The molecule has 0 aromatic heterocycles. The fraction of sp³-hybridized carbons (Fsp3) is 0.789. The summed E-state index contributed by atoms with van der Waals surface area (Å²) in [7, 11) is -3.65. The van der Waals surface area contributed by atoms with Crippen molar-refractivity contribution >= 4 is 22.1 Å². The molecule has 9 nitrogen and oxygen atoms in total. The highest BCUT2D eigenvalue weighted by molar-refractivity contribution is 7.92. The quantitative estimate of drug-likeness (QED) is 0.610. The van der Waals surface area contributed by atoms with Crippen LogP contribution < -0.4 is 5.32 Å².